The van der Waals surface area contributed by atoms with Crippen LogP contribution in [0.1, 0.15) is 16.7 Å². The van der Waals surface area contributed by atoms with Crippen LogP contribution in [0.4, 0.5) is 0 Å². The van der Waals surface area contributed by atoms with Gasteiger partial charge in [0.25, 0.3) is 5.91 Å². The van der Waals surface area contributed by atoms with E-state index < -0.39 is 0 Å². The fraction of sp³-hybridized carbons (Fsp3) is 0.278. The second kappa shape index (κ2) is 7.32. The molecule has 0 aliphatic carbocycles. The Hall–Kier alpha value is -2.00. The van der Waals surface area contributed by atoms with Gasteiger partial charge in [-0.15, -0.1) is 0 Å². The second-order valence-corrected chi connectivity index (χ2v) is 5.84. The standard InChI is InChI=1S/C18H20ClNO2/c1-13-4-6-15(7-5-13)11-20(3)18(21)12-22-16-8-9-17(19)14(2)10-16/h4-10H,11-12H2,1-3H3. The van der Waals surface area contributed by atoms with E-state index in [1.165, 1.54) is 5.56 Å². The zero-order valence-electron chi connectivity index (χ0n) is 13.1. The molecular weight excluding hydrogens is 298 g/mol. The Bertz CT molecular complexity index is 653. The summed E-state index contributed by atoms with van der Waals surface area (Å²) in [7, 11) is 1.78. The van der Waals surface area contributed by atoms with Crippen molar-refractivity contribution in [3.05, 3.63) is 64.2 Å². The van der Waals surface area contributed by atoms with Crippen LogP contribution in [0.25, 0.3) is 0 Å². The first-order valence-corrected chi connectivity index (χ1v) is 7.52. The van der Waals surface area contributed by atoms with Crippen LogP contribution >= 0.6 is 11.6 Å². The molecule has 0 aromatic heterocycles. The zero-order chi connectivity index (χ0) is 16.1. The Kier molecular flexibility index (Phi) is 5.45. The third-order valence-electron chi connectivity index (χ3n) is 3.46. The second-order valence-electron chi connectivity index (χ2n) is 5.44. The molecule has 3 nitrogen and oxygen atoms in total. The van der Waals surface area contributed by atoms with Gasteiger partial charge in [-0.1, -0.05) is 41.4 Å². The Balaban J connectivity index is 1.88. The van der Waals surface area contributed by atoms with Crippen molar-refractivity contribution in [2.24, 2.45) is 0 Å². The van der Waals surface area contributed by atoms with Crippen molar-refractivity contribution in [2.45, 2.75) is 20.4 Å². The van der Waals surface area contributed by atoms with Crippen LogP contribution in [-0.2, 0) is 11.3 Å². The third-order valence-corrected chi connectivity index (χ3v) is 3.88. The number of carbonyl (C=O) groups is 1. The molecule has 4 heteroatoms. The molecule has 0 N–H and O–H groups in total. The smallest absolute Gasteiger partial charge is 0.260 e. The van der Waals surface area contributed by atoms with Crippen LogP contribution in [0.5, 0.6) is 5.75 Å². The summed E-state index contributed by atoms with van der Waals surface area (Å²) >= 11 is 5.96. The first-order valence-electron chi connectivity index (χ1n) is 7.14. The van der Waals surface area contributed by atoms with Crippen molar-refractivity contribution in [3.8, 4) is 5.75 Å². The van der Waals surface area contributed by atoms with E-state index in [0.29, 0.717) is 17.3 Å². The van der Waals surface area contributed by atoms with Crippen molar-refractivity contribution in [1.82, 2.24) is 4.90 Å². The maximum atomic E-state index is 12.1. The predicted molar refractivity (Wildman–Crippen MR) is 89.3 cm³/mol. The molecule has 2 rings (SSSR count). The van der Waals surface area contributed by atoms with Crippen LogP contribution in [0, 0.1) is 13.8 Å². The summed E-state index contributed by atoms with van der Waals surface area (Å²) in [5.74, 6) is 0.590. The van der Waals surface area contributed by atoms with E-state index in [4.69, 9.17) is 16.3 Å². The van der Waals surface area contributed by atoms with Crippen LogP contribution in [0.3, 0.4) is 0 Å². The Morgan fingerprint density at radius 2 is 1.82 bits per heavy atom. The number of halogens is 1. The monoisotopic (exact) mass is 317 g/mol. The topological polar surface area (TPSA) is 29.5 Å². The van der Waals surface area contributed by atoms with Crippen molar-refractivity contribution in [2.75, 3.05) is 13.7 Å². The number of rotatable bonds is 5. The van der Waals surface area contributed by atoms with Crippen LogP contribution in [-0.4, -0.2) is 24.5 Å². The lowest BCUT2D eigenvalue weighted by Gasteiger charge is -2.18. The summed E-state index contributed by atoms with van der Waals surface area (Å²) in [6.07, 6.45) is 0. The molecule has 116 valence electrons. The van der Waals surface area contributed by atoms with Gasteiger partial charge in [0.2, 0.25) is 0 Å². The van der Waals surface area contributed by atoms with Gasteiger partial charge in [-0.05, 0) is 43.2 Å². The lowest BCUT2D eigenvalue weighted by atomic mass is 10.1. The summed E-state index contributed by atoms with van der Waals surface area (Å²) in [6, 6.07) is 13.5. The molecule has 0 aliphatic rings. The fourth-order valence-electron chi connectivity index (χ4n) is 2.02. The third kappa shape index (κ3) is 4.50. The van der Waals surface area contributed by atoms with E-state index in [9.17, 15) is 4.79 Å². The number of ether oxygens (including phenoxy) is 1. The highest BCUT2D eigenvalue weighted by molar-refractivity contribution is 6.31. The molecule has 2 aromatic rings. The van der Waals surface area contributed by atoms with Gasteiger partial charge in [0.1, 0.15) is 5.75 Å². The zero-order valence-corrected chi connectivity index (χ0v) is 13.9. The Morgan fingerprint density at radius 3 is 2.45 bits per heavy atom. The van der Waals surface area contributed by atoms with Gasteiger partial charge in [-0.2, -0.15) is 0 Å². The van der Waals surface area contributed by atoms with Crippen LogP contribution < -0.4 is 4.74 Å². The highest BCUT2D eigenvalue weighted by atomic mass is 35.5. The van der Waals surface area contributed by atoms with Gasteiger partial charge < -0.3 is 9.64 Å². The van der Waals surface area contributed by atoms with E-state index in [-0.39, 0.29) is 12.5 Å². The van der Waals surface area contributed by atoms with Crippen molar-refractivity contribution >= 4 is 17.5 Å². The number of amides is 1. The highest BCUT2D eigenvalue weighted by Gasteiger charge is 2.10. The summed E-state index contributed by atoms with van der Waals surface area (Å²) in [5.41, 5.74) is 3.24. The van der Waals surface area contributed by atoms with Crippen molar-refractivity contribution < 1.29 is 9.53 Å². The quantitative estimate of drug-likeness (QED) is 0.834. The molecular formula is C18H20ClNO2. The Labute approximate surface area is 136 Å². The fourth-order valence-corrected chi connectivity index (χ4v) is 2.14. The highest BCUT2D eigenvalue weighted by Crippen LogP contribution is 2.21. The number of benzene rings is 2. The molecule has 0 unspecified atom stereocenters. The molecule has 22 heavy (non-hydrogen) atoms. The maximum absolute atomic E-state index is 12.1. The average molecular weight is 318 g/mol. The van der Waals surface area contributed by atoms with Crippen molar-refractivity contribution in [1.29, 1.82) is 0 Å². The summed E-state index contributed by atoms with van der Waals surface area (Å²) in [6.45, 7) is 4.53. The number of hydrogen-bond donors (Lipinski definition) is 0. The van der Waals surface area contributed by atoms with Crippen molar-refractivity contribution in [3.63, 3.8) is 0 Å². The first-order chi connectivity index (χ1) is 10.5. The normalized spacial score (nSPS) is 10.4. The minimum Gasteiger partial charge on any atom is -0.484 e. The van der Waals surface area contributed by atoms with Gasteiger partial charge in [0.15, 0.2) is 6.61 Å². The Morgan fingerprint density at radius 1 is 1.14 bits per heavy atom. The summed E-state index contributed by atoms with van der Waals surface area (Å²) < 4.78 is 5.53. The number of nitrogens with zero attached hydrogens (tertiary/aromatic N) is 1. The van der Waals surface area contributed by atoms with Gasteiger partial charge in [0.05, 0.1) is 0 Å². The maximum Gasteiger partial charge on any atom is 0.260 e. The minimum absolute atomic E-state index is 0.0173. The lowest BCUT2D eigenvalue weighted by Crippen LogP contribution is -2.30. The van der Waals surface area contributed by atoms with E-state index >= 15 is 0 Å². The molecule has 0 saturated carbocycles. The molecule has 0 radical (unpaired) electrons. The molecule has 2 aromatic carbocycles. The molecule has 1 amide bonds. The molecule has 0 atom stereocenters. The minimum atomic E-state index is -0.0619. The van der Waals surface area contributed by atoms with Crippen LogP contribution in [0.15, 0.2) is 42.5 Å². The van der Waals surface area contributed by atoms with E-state index in [2.05, 4.69) is 0 Å². The largest absolute Gasteiger partial charge is 0.484 e. The SMILES string of the molecule is Cc1ccc(CN(C)C(=O)COc2ccc(Cl)c(C)c2)cc1. The molecule has 0 bridgehead atoms. The number of aryl methyl sites for hydroxylation is 2. The molecule has 0 saturated heterocycles. The molecule has 0 fully saturated rings. The first kappa shape index (κ1) is 16.4. The summed E-state index contributed by atoms with van der Waals surface area (Å²) in [5, 5.41) is 0.690. The van der Waals surface area contributed by atoms with Gasteiger partial charge in [-0.25, -0.2) is 0 Å². The lowest BCUT2D eigenvalue weighted by molar-refractivity contribution is -0.132. The number of likely N-dealkylation sites (N-methyl/N-ethyl adjacent to an activating group) is 1. The van der Waals surface area contributed by atoms with Gasteiger partial charge >= 0.3 is 0 Å². The van der Waals surface area contributed by atoms with E-state index in [0.717, 1.165) is 11.1 Å². The van der Waals surface area contributed by atoms with E-state index in [1.54, 1.807) is 24.1 Å². The van der Waals surface area contributed by atoms with E-state index in [1.807, 2.05) is 44.2 Å². The van der Waals surface area contributed by atoms with Crippen LogP contribution in [0.2, 0.25) is 5.02 Å². The predicted octanol–water partition coefficient (Wildman–Crippen LogP) is 3.99. The average Bonchev–Trinajstić information content (AvgIpc) is 2.50. The summed E-state index contributed by atoms with van der Waals surface area (Å²) in [4.78, 5) is 13.8. The number of hydrogen-bond acceptors (Lipinski definition) is 2. The molecule has 0 aliphatic heterocycles. The van der Waals surface area contributed by atoms with Gasteiger partial charge in [-0.3, -0.25) is 4.79 Å². The molecule has 0 spiro atoms. The van der Waals surface area contributed by atoms with Gasteiger partial charge in [0, 0.05) is 18.6 Å². The number of carbonyl (C=O) groups excluding carboxylic acids is 1. The molecule has 0 heterocycles.